The Labute approximate surface area is 127 Å². The molecule has 1 aliphatic heterocycles. The van der Waals surface area contributed by atoms with Gasteiger partial charge in [0.25, 0.3) is 0 Å². The molecule has 2 rings (SSSR count). The van der Waals surface area contributed by atoms with E-state index in [0.717, 1.165) is 37.4 Å². The van der Waals surface area contributed by atoms with E-state index in [1.165, 1.54) is 6.42 Å². The SMILES string of the molecule is CC(C)C1CCCN(C(=O)C(Cl)c2ccccc2)CC1. The van der Waals surface area contributed by atoms with Crippen LogP contribution < -0.4 is 0 Å². The average molecular weight is 294 g/mol. The van der Waals surface area contributed by atoms with E-state index >= 15 is 0 Å². The molecule has 0 saturated carbocycles. The third-order valence-corrected chi connectivity index (χ3v) is 4.77. The van der Waals surface area contributed by atoms with Gasteiger partial charge in [0, 0.05) is 13.1 Å². The zero-order chi connectivity index (χ0) is 14.5. The number of likely N-dealkylation sites (tertiary alicyclic amines) is 1. The van der Waals surface area contributed by atoms with Crippen LogP contribution in [0.3, 0.4) is 0 Å². The predicted octanol–water partition coefficient (Wildman–Crippen LogP) is 4.25. The molecule has 1 saturated heterocycles. The fourth-order valence-corrected chi connectivity index (χ4v) is 3.22. The summed E-state index contributed by atoms with van der Waals surface area (Å²) in [5.74, 6) is 1.49. The van der Waals surface area contributed by atoms with Gasteiger partial charge in [0.1, 0.15) is 5.38 Å². The monoisotopic (exact) mass is 293 g/mol. The van der Waals surface area contributed by atoms with Crippen molar-refractivity contribution >= 4 is 17.5 Å². The van der Waals surface area contributed by atoms with E-state index in [-0.39, 0.29) is 5.91 Å². The summed E-state index contributed by atoms with van der Waals surface area (Å²) >= 11 is 6.35. The molecular weight excluding hydrogens is 270 g/mol. The Hall–Kier alpha value is -1.02. The van der Waals surface area contributed by atoms with Crippen molar-refractivity contribution in [2.75, 3.05) is 13.1 Å². The van der Waals surface area contributed by atoms with E-state index in [9.17, 15) is 4.79 Å². The quantitative estimate of drug-likeness (QED) is 0.763. The summed E-state index contributed by atoms with van der Waals surface area (Å²) < 4.78 is 0. The summed E-state index contributed by atoms with van der Waals surface area (Å²) in [4.78, 5) is 14.5. The maximum atomic E-state index is 12.5. The summed E-state index contributed by atoms with van der Waals surface area (Å²) in [6, 6.07) is 9.63. The maximum Gasteiger partial charge on any atom is 0.245 e. The van der Waals surface area contributed by atoms with E-state index in [1.54, 1.807) is 0 Å². The van der Waals surface area contributed by atoms with Crippen molar-refractivity contribution in [3.05, 3.63) is 35.9 Å². The second-order valence-electron chi connectivity index (χ2n) is 6.03. The van der Waals surface area contributed by atoms with Crippen molar-refractivity contribution in [3.63, 3.8) is 0 Å². The fraction of sp³-hybridized carbons (Fsp3) is 0.588. The van der Waals surface area contributed by atoms with E-state index in [4.69, 9.17) is 11.6 Å². The van der Waals surface area contributed by atoms with Gasteiger partial charge in [-0.1, -0.05) is 44.2 Å². The van der Waals surface area contributed by atoms with Gasteiger partial charge in [-0.25, -0.2) is 0 Å². The van der Waals surface area contributed by atoms with Gasteiger partial charge in [-0.15, -0.1) is 11.6 Å². The summed E-state index contributed by atoms with van der Waals surface area (Å²) in [6.07, 6.45) is 3.41. The number of halogens is 1. The average Bonchev–Trinajstić information content (AvgIpc) is 2.72. The van der Waals surface area contributed by atoms with Crippen LogP contribution in [0.2, 0.25) is 0 Å². The van der Waals surface area contributed by atoms with Crippen LogP contribution in [0.15, 0.2) is 30.3 Å². The first-order valence-electron chi connectivity index (χ1n) is 7.57. The molecule has 0 spiro atoms. The van der Waals surface area contributed by atoms with Crippen molar-refractivity contribution in [2.45, 2.75) is 38.5 Å². The normalized spacial score (nSPS) is 21.6. The zero-order valence-corrected chi connectivity index (χ0v) is 13.1. The van der Waals surface area contributed by atoms with Crippen LogP contribution in [0, 0.1) is 11.8 Å². The van der Waals surface area contributed by atoms with Gasteiger partial charge in [-0.3, -0.25) is 4.79 Å². The summed E-state index contributed by atoms with van der Waals surface area (Å²) in [5.41, 5.74) is 0.892. The smallest absolute Gasteiger partial charge is 0.245 e. The molecule has 1 aliphatic rings. The first-order valence-corrected chi connectivity index (χ1v) is 8.01. The Morgan fingerprint density at radius 3 is 2.55 bits per heavy atom. The van der Waals surface area contributed by atoms with Crippen LogP contribution >= 0.6 is 11.6 Å². The number of alkyl halides is 1. The van der Waals surface area contributed by atoms with Crippen LogP contribution in [-0.2, 0) is 4.79 Å². The van der Waals surface area contributed by atoms with Crippen molar-refractivity contribution < 1.29 is 4.79 Å². The molecule has 2 unspecified atom stereocenters. The lowest BCUT2D eigenvalue weighted by Gasteiger charge is -2.24. The van der Waals surface area contributed by atoms with Crippen LogP contribution in [-0.4, -0.2) is 23.9 Å². The number of nitrogens with zero attached hydrogens (tertiary/aromatic N) is 1. The Kier molecular flexibility index (Phi) is 5.47. The molecule has 0 radical (unpaired) electrons. The molecule has 1 amide bonds. The minimum atomic E-state index is -0.549. The van der Waals surface area contributed by atoms with Crippen LogP contribution in [0.5, 0.6) is 0 Å². The highest BCUT2D eigenvalue weighted by atomic mass is 35.5. The minimum absolute atomic E-state index is 0.0577. The van der Waals surface area contributed by atoms with Crippen LogP contribution in [0.1, 0.15) is 44.1 Å². The van der Waals surface area contributed by atoms with Gasteiger partial charge in [-0.2, -0.15) is 0 Å². The molecule has 2 atom stereocenters. The molecule has 2 nitrogen and oxygen atoms in total. The molecule has 0 aliphatic carbocycles. The zero-order valence-electron chi connectivity index (χ0n) is 12.4. The number of carbonyl (C=O) groups is 1. The molecule has 110 valence electrons. The fourth-order valence-electron chi connectivity index (χ4n) is 2.93. The topological polar surface area (TPSA) is 20.3 Å². The van der Waals surface area contributed by atoms with E-state index < -0.39 is 5.38 Å². The number of amides is 1. The van der Waals surface area contributed by atoms with Crippen molar-refractivity contribution in [3.8, 4) is 0 Å². The molecule has 1 heterocycles. The van der Waals surface area contributed by atoms with Crippen LogP contribution in [0.25, 0.3) is 0 Å². The second-order valence-corrected chi connectivity index (χ2v) is 6.47. The number of benzene rings is 1. The number of hydrogen-bond donors (Lipinski definition) is 0. The highest BCUT2D eigenvalue weighted by Gasteiger charge is 2.27. The van der Waals surface area contributed by atoms with E-state index in [2.05, 4.69) is 13.8 Å². The number of carbonyl (C=O) groups excluding carboxylic acids is 1. The Bertz CT molecular complexity index is 432. The highest BCUT2D eigenvalue weighted by molar-refractivity contribution is 6.30. The molecule has 0 aromatic heterocycles. The van der Waals surface area contributed by atoms with E-state index in [0.29, 0.717) is 5.92 Å². The third kappa shape index (κ3) is 3.76. The molecule has 1 aromatic carbocycles. The molecule has 0 bridgehead atoms. The Morgan fingerprint density at radius 2 is 1.90 bits per heavy atom. The van der Waals surface area contributed by atoms with Gasteiger partial charge in [0.15, 0.2) is 0 Å². The molecular formula is C17H24ClNO. The summed E-state index contributed by atoms with van der Waals surface area (Å²) in [5, 5.41) is -0.549. The van der Waals surface area contributed by atoms with Gasteiger partial charge in [0.05, 0.1) is 0 Å². The van der Waals surface area contributed by atoms with Gasteiger partial charge >= 0.3 is 0 Å². The maximum absolute atomic E-state index is 12.5. The van der Waals surface area contributed by atoms with E-state index in [1.807, 2.05) is 35.2 Å². The second kappa shape index (κ2) is 7.12. The Balaban J connectivity index is 1.99. The van der Waals surface area contributed by atoms with Gasteiger partial charge in [0.2, 0.25) is 5.91 Å². The highest BCUT2D eigenvalue weighted by Crippen LogP contribution is 2.28. The summed E-state index contributed by atoms with van der Waals surface area (Å²) in [7, 11) is 0. The summed E-state index contributed by atoms with van der Waals surface area (Å²) in [6.45, 7) is 6.24. The first-order chi connectivity index (χ1) is 9.59. The molecule has 20 heavy (non-hydrogen) atoms. The standard InChI is InChI=1S/C17H24ClNO/c1-13(2)14-9-6-11-19(12-10-14)17(20)16(18)15-7-4-3-5-8-15/h3-5,7-8,13-14,16H,6,9-12H2,1-2H3. The minimum Gasteiger partial charge on any atom is -0.341 e. The number of rotatable bonds is 3. The molecule has 1 aromatic rings. The van der Waals surface area contributed by atoms with Crippen molar-refractivity contribution in [1.82, 2.24) is 4.90 Å². The van der Waals surface area contributed by atoms with Crippen molar-refractivity contribution in [1.29, 1.82) is 0 Å². The lowest BCUT2D eigenvalue weighted by molar-refractivity contribution is -0.130. The third-order valence-electron chi connectivity index (χ3n) is 4.34. The lowest BCUT2D eigenvalue weighted by Crippen LogP contribution is -2.34. The molecule has 3 heteroatoms. The van der Waals surface area contributed by atoms with Crippen molar-refractivity contribution in [2.24, 2.45) is 11.8 Å². The molecule has 0 N–H and O–H groups in total. The largest absolute Gasteiger partial charge is 0.341 e. The van der Waals surface area contributed by atoms with Gasteiger partial charge in [-0.05, 0) is 36.7 Å². The van der Waals surface area contributed by atoms with Gasteiger partial charge < -0.3 is 4.90 Å². The number of hydrogen-bond acceptors (Lipinski definition) is 1. The van der Waals surface area contributed by atoms with Crippen LogP contribution in [0.4, 0.5) is 0 Å². The first kappa shape index (κ1) is 15.4. The predicted molar refractivity (Wildman–Crippen MR) is 83.8 cm³/mol. The lowest BCUT2D eigenvalue weighted by atomic mass is 9.89. The Morgan fingerprint density at radius 1 is 1.20 bits per heavy atom. The molecule has 1 fully saturated rings.